The van der Waals surface area contributed by atoms with E-state index in [0.717, 1.165) is 0 Å². The highest BCUT2D eigenvalue weighted by Gasteiger charge is 2.18. The lowest BCUT2D eigenvalue weighted by Gasteiger charge is -2.11. The van der Waals surface area contributed by atoms with Crippen LogP contribution in [-0.2, 0) is 14.8 Å². The number of hydrogen-bond donors (Lipinski definition) is 3. The molecule has 0 unspecified atom stereocenters. The van der Waals surface area contributed by atoms with Crippen LogP contribution in [0.15, 0.2) is 35.2 Å². The van der Waals surface area contributed by atoms with Gasteiger partial charge in [0.25, 0.3) is 0 Å². The van der Waals surface area contributed by atoms with Gasteiger partial charge in [-0.2, -0.15) is 4.72 Å². The Balaban J connectivity index is 2.77. The van der Waals surface area contributed by atoms with E-state index in [-0.39, 0.29) is 4.90 Å². The van der Waals surface area contributed by atoms with Gasteiger partial charge in [-0.25, -0.2) is 8.42 Å². The van der Waals surface area contributed by atoms with Crippen LogP contribution in [0, 0.1) is 0 Å². The van der Waals surface area contributed by atoms with Gasteiger partial charge in [0, 0.05) is 0 Å². The molecule has 6 nitrogen and oxygen atoms in total. The van der Waals surface area contributed by atoms with Gasteiger partial charge in [-0.05, 0) is 12.1 Å². The molecule has 1 atom stereocenters. The van der Waals surface area contributed by atoms with Crippen LogP contribution in [0.3, 0.4) is 0 Å². The number of aliphatic carboxylic acids is 1. The second-order valence-corrected chi connectivity index (χ2v) is 4.85. The molecule has 0 saturated carbocycles. The Morgan fingerprint density at radius 1 is 1.38 bits per heavy atom. The fourth-order valence-electron chi connectivity index (χ4n) is 1.10. The Kier molecular flexibility index (Phi) is 3.99. The highest BCUT2D eigenvalue weighted by molar-refractivity contribution is 7.89. The molecule has 0 amide bonds. The van der Waals surface area contributed by atoms with E-state index in [9.17, 15) is 13.2 Å². The lowest BCUT2D eigenvalue weighted by atomic mass is 10.4. The second kappa shape index (κ2) is 5.06. The molecule has 0 aromatic heterocycles. The van der Waals surface area contributed by atoms with Crippen LogP contribution in [-0.4, -0.2) is 25.7 Å². The SMILES string of the molecule is N[C@@H](CC(=O)O)NS(=O)(=O)c1ccccc1. The summed E-state index contributed by atoms with van der Waals surface area (Å²) in [7, 11) is -3.74. The largest absolute Gasteiger partial charge is 0.481 e. The van der Waals surface area contributed by atoms with Crippen molar-refractivity contribution in [3.05, 3.63) is 30.3 Å². The Bertz CT molecular complexity index is 458. The zero-order valence-electron chi connectivity index (χ0n) is 8.33. The lowest BCUT2D eigenvalue weighted by Crippen LogP contribution is -2.42. The van der Waals surface area contributed by atoms with E-state index in [0.29, 0.717) is 0 Å². The van der Waals surface area contributed by atoms with Gasteiger partial charge < -0.3 is 10.8 Å². The van der Waals surface area contributed by atoms with E-state index in [1.54, 1.807) is 18.2 Å². The van der Waals surface area contributed by atoms with Crippen LogP contribution < -0.4 is 10.5 Å². The summed E-state index contributed by atoms with van der Waals surface area (Å²) >= 11 is 0. The molecule has 1 aromatic rings. The Labute approximate surface area is 93.1 Å². The molecule has 0 bridgehead atoms. The first-order chi connectivity index (χ1) is 7.42. The molecule has 16 heavy (non-hydrogen) atoms. The highest BCUT2D eigenvalue weighted by Crippen LogP contribution is 2.07. The number of benzene rings is 1. The third-order valence-corrected chi connectivity index (χ3v) is 3.26. The standard InChI is InChI=1S/C9H12N2O4S/c10-8(6-9(12)13)11-16(14,15)7-4-2-1-3-5-7/h1-5,8,11H,6,10H2,(H,12,13)/t8-/m1/s1. The van der Waals surface area contributed by atoms with Gasteiger partial charge in [0.1, 0.15) is 0 Å². The van der Waals surface area contributed by atoms with Crippen molar-refractivity contribution >= 4 is 16.0 Å². The summed E-state index contributed by atoms with van der Waals surface area (Å²) in [6, 6.07) is 7.61. The third kappa shape index (κ3) is 3.61. The quantitative estimate of drug-likeness (QED) is 0.617. The van der Waals surface area contributed by atoms with Crippen molar-refractivity contribution in [1.29, 1.82) is 0 Å². The number of sulfonamides is 1. The zero-order chi connectivity index (χ0) is 12.2. The lowest BCUT2D eigenvalue weighted by molar-refractivity contribution is -0.137. The van der Waals surface area contributed by atoms with Crippen LogP contribution in [0.2, 0.25) is 0 Å². The average molecular weight is 244 g/mol. The van der Waals surface area contributed by atoms with E-state index in [2.05, 4.69) is 4.72 Å². The summed E-state index contributed by atoms with van der Waals surface area (Å²) in [6.45, 7) is 0. The normalized spacial score (nSPS) is 13.3. The third-order valence-electron chi connectivity index (χ3n) is 1.75. The minimum atomic E-state index is -3.74. The highest BCUT2D eigenvalue weighted by atomic mass is 32.2. The van der Waals surface area contributed by atoms with Crippen molar-refractivity contribution in [3.8, 4) is 0 Å². The molecular formula is C9H12N2O4S. The molecule has 0 spiro atoms. The second-order valence-electron chi connectivity index (χ2n) is 3.14. The summed E-state index contributed by atoms with van der Waals surface area (Å²) in [5.41, 5.74) is 5.33. The number of nitrogens with one attached hydrogen (secondary N) is 1. The molecule has 0 aliphatic carbocycles. The molecular weight excluding hydrogens is 232 g/mol. The van der Waals surface area contributed by atoms with Gasteiger partial charge >= 0.3 is 5.97 Å². The predicted octanol–water partition coefficient (Wildman–Crippen LogP) is -0.276. The van der Waals surface area contributed by atoms with E-state index >= 15 is 0 Å². The summed E-state index contributed by atoms with van der Waals surface area (Å²) in [6.07, 6.45) is -1.60. The van der Waals surface area contributed by atoms with Crippen molar-refractivity contribution in [1.82, 2.24) is 4.72 Å². The van der Waals surface area contributed by atoms with Crippen LogP contribution >= 0.6 is 0 Å². The first-order valence-corrected chi connectivity index (χ1v) is 5.95. The average Bonchev–Trinajstić information content (AvgIpc) is 2.16. The number of carboxylic acids is 1. The van der Waals surface area contributed by atoms with Gasteiger partial charge in [-0.15, -0.1) is 0 Å². The maximum Gasteiger partial charge on any atom is 0.306 e. The van der Waals surface area contributed by atoms with Crippen molar-refractivity contribution in [3.63, 3.8) is 0 Å². The molecule has 0 aliphatic rings. The van der Waals surface area contributed by atoms with Gasteiger partial charge in [0.15, 0.2) is 0 Å². The zero-order valence-corrected chi connectivity index (χ0v) is 9.15. The Hall–Kier alpha value is -1.44. The number of nitrogens with two attached hydrogens (primary N) is 1. The molecule has 0 radical (unpaired) electrons. The van der Waals surface area contributed by atoms with E-state index in [4.69, 9.17) is 10.8 Å². The van der Waals surface area contributed by atoms with Gasteiger partial charge in [-0.3, -0.25) is 4.79 Å². The van der Waals surface area contributed by atoms with Crippen molar-refractivity contribution < 1.29 is 18.3 Å². The summed E-state index contributed by atoms with van der Waals surface area (Å²) in [5, 5.41) is 8.44. The molecule has 7 heteroatoms. The summed E-state index contributed by atoms with van der Waals surface area (Å²) in [4.78, 5) is 10.4. The molecule has 0 fully saturated rings. The van der Waals surface area contributed by atoms with Gasteiger partial charge in [0.2, 0.25) is 10.0 Å². The molecule has 4 N–H and O–H groups in total. The smallest absolute Gasteiger partial charge is 0.306 e. The fraction of sp³-hybridized carbons (Fsp3) is 0.222. The van der Waals surface area contributed by atoms with Crippen molar-refractivity contribution in [2.45, 2.75) is 17.5 Å². The minimum Gasteiger partial charge on any atom is -0.481 e. The Morgan fingerprint density at radius 2 is 1.94 bits per heavy atom. The maximum atomic E-state index is 11.6. The van der Waals surface area contributed by atoms with E-state index in [1.807, 2.05) is 0 Å². The monoisotopic (exact) mass is 244 g/mol. The first-order valence-electron chi connectivity index (χ1n) is 4.46. The topological polar surface area (TPSA) is 109 Å². The number of hydrogen-bond acceptors (Lipinski definition) is 4. The van der Waals surface area contributed by atoms with Crippen LogP contribution in [0.5, 0.6) is 0 Å². The minimum absolute atomic E-state index is 0.0517. The molecule has 88 valence electrons. The van der Waals surface area contributed by atoms with E-state index in [1.165, 1.54) is 12.1 Å². The maximum absolute atomic E-state index is 11.6. The number of rotatable bonds is 5. The number of carbonyl (C=O) groups is 1. The van der Waals surface area contributed by atoms with Crippen LogP contribution in [0.25, 0.3) is 0 Å². The van der Waals surface area contributed by atoms with Crippen LogP contribution in [0.4, 0.5) is 0 Å². The summed E-state index contributed by atoms with van der Waals surface area (Å²) in [5.74, 6) is -1.16. The molecule has 0 aliphatic heterocycles. The molecule has 0 heterocycles. The van der Waals surface area contributed by atoms with E-state index < -0.39 is 28.6 Å². The van der Waals surface area contributed by atoms with Gasteiger partial charge in [-0.1, -0.05) is 18.2 Å². The van der Waals surface area contributed by atoms with Crippen LogP contribution in [0.1, 0.15) is 6.42 Å². The molecule has 1 aromatic carbocycles. The van der Waals surface area contributed by atoms with Crippen molar-refractivity contribution in [2.24, 2.45) is 5.73 Å². The summed E-state index contributed by atoms with van der Waals surface area (Å²) < 4.78 is 25.4. The van der Waals surface area contributed by atoms with Crippen molar-refractivity contribution in [2.75, 3.05) is 0 Å². The number of carboxylic acid groups (broad SMARTS) is 1. The predicted molar refractivity (Wildman–Crippen MR) is 57.0 cm³/mol. The fourth-order valence-corrected chi connectivity index (χ4v) is 2.23. The molecule has 0 saturated heterocycles. The molecule has 1 rings (SSSR count). The Morgan fingerprint density at radius 3 is 2.44 bits per heavy atom. The van der Waals surface area contributed by atoms with Gasteiger partial charge in [0.05, 0.1) is 17.5 Å². The first kappa shape index (κ1) is 12.6.